The third kappa shape index (κ3) is 2.89. The van der Waals surface area contributed by atoms with Gasteiger partial charge in [0, 0.05) is 0 Å². The molecule has 0 unspecified atom stereocenters. The van der Waals surface area contributed by atoms with E-state index in [0.29, 0.717) is 6.42 Å². The average molecular weight is 217 g/mol. The van der Waals surface area contributed by atoms with Gasteiger partial charge in [-0.1, -0.05) is 18.2 Å². The van der Waals surface area contributed by atoms with Crippen molar-refractivity contribution in [1.82, 2.24) is 0 Å². The maximum Gasteiger partial charge on any atom is 0.123 e. The highest BCUT2D eigenvalue weighted by atomic mass is 19.1. The minimum atomic E-state index is -0.243. The summed E-state index contributed by atoms with van der Waals surface area (Å²) in [7, 11) is 0. The van der Waals surface area contributed by atoms with Gasteiger partial charge in [0.2, 0.25) is 0 Å². The summed E-state index contributed by atoms with van der Waals surface area (Å²) in [6.45, 7) is 0. The lowest BCUT2D eigenvalue weighted by molar-refractivity contribution is 0.624. The number of hydrogen-bond acceptors (Lipinski definition) is 0. The van der Waals surface area contributed by atoms with Crippen molar-refractivity contribution in [1.29, 1.82) is 0 Å². The Morgan fingerprint density at radius 1 is 0.875 bits per heavy atom. The van der Waals surface area contributed by atoms with Crippen LogP contribution in [-0.4, -0.2) is 0 Å². The molecule has 0 aliphatic carbocycles. The Hall–Kier alpha value is -1.70. The van der Waals surface area contributed by atoms with E-state index in [1.54, 1.807) is 18.2 Å². The number of benzene rings is 2. The minimum Gasteiger partial charge on any atom is -0.207 e. The van der Waals surface area contributed by atoms with Gasteiger partial charge in [0.1, 0.15) is 11.6 Å². The van der Waals surface area contributed by atoms with E-state index in [0.717, 1.165) is 17.5 Å². The molecule has 0 spiro atoms. The zero-order valence-electron chi connectivity index (χ0n) is 8.71. The van der Waals surface area contributed by atoms with Crippen molar-refractivity contribution in [2.24, 2.45) is 0 Å². The third-order valence-electron chi connectivity index (χ3n) is 2.42. The highest BCUT2D eigenvalue weighted by Gasteiger charge is 1.98. The van der Waals surface area contributed by atoms with Gasteiger partial charge in [-0.25, -0.2) is 8.78 Å². The molecule has 16 heavy (non-hydrogen) atoms. The molecular formula is C14H11F2. The fourth-order valence-electron chi connectivity index (χ4n) is 1.56. The zero-order chi connectivity index (χ0) is 11.4. The van der Waals surface area contributed by atoms with Gasteiger partial charge in [0.25, 0.3) is 0 Å². The average Bonchev–Trinajstić information content (AvgIpc) is 2.28. The van der Waals surface area contributed by atoms with Crippen molar-refractivity contribution in [2.75, 3.05) is 0 Å². The van der Waals surface area contributed by atoms with Crippen molar-refractivity contribution in [3.8, 4) is 0 Å². The molecule has 81 valence electrons. The van der Waals surface area contributed by atoms with Gasteiger partial charge in [-0.05, 0) is 54.3 Å². The lowest BCUT2D eigenvalue weighted by Gasteiger charge is -2.01. The number of halogens is 2. The summed E-state index contributed by atoms with van der Waals surface area (Å²) in [5, 5.41) is 0. The van der Waals surface area contributed by atoms with Crippen LogP contribution in [0, 0.1) is 17.7 Å². The summed E-state index contributed by atoms with van der Waals surface area (Å²) in [6, 6.07) is 13.8. The standard InChI is InChI=1S/C14H11F2/c15-13-8-6-11(7-9-13)4-5-12-2-1-3-14(16)10-12/h1,3,6-10H,4-5H2. The Morgan fingerprint density at radius 3 is 2.31 bits per heavy atom. The molecule has 0 saturated carbocycles. The summed E-state index contributed by atoms with van der Waals surface area (Å²) >= 11 is 0. The molecule has 0 amide bonds. The number of hydrogen-bond donors (Lipinski definition) is 0. The molecule has 0 nitrogen and oxygen atoms in total. The molecule has 0 aromatic heterocycles. The summed E-state index contributed by atoms with van der Waals surface area (Å²) in [6.07, 6.45) is 1.48. The van der Waals surface area contributed by atoms with Gasteiger partial charge in [-0.3, -0.25) is 0 Å². The smallest absolute Gasteiger partial charge is 0.123 e. The summed E-state index contributed by atoms with van der Waals surface area (Å²) in [5.74, 6) is -0.478. The zero-order valence-corrected chi connectivity index (χ0v) is 8.71. The molecule has 0 aliphatic heterocycles. The second kappa shape index (κ2) is 4.88. The highest BCUT2D eigenvalue weighted by molar-refractivity contribution is 5.20. The third-order valence-corrected chi connectivity index (χ3v) is 2.42. The molecule has 0 saturated heterocycles. The monoisotopic (exact) mass is 217 g/mol. The number of rotatable bonds is 3. The largest absolute Gasteiger partial charge is 0.207 e. The first-order valence-electron chi connectivity index (χ1n) is 5.14. The van der Waals surface area contributed by atoms with E-state index >= 15 is 0 Å². The topological polar surface area (TPSA) is 0 Å². The molecule has 0 fully saturated rings. The van der Waals surface area contributed by atoms with Crippen LogP contribution < -0.4 is 0 Å². The predicted molar refractivity (Wildman–Crippen MR) is 59.0 cm³/mol. The SMILES string of the molecule is Fc1ccc(CCc2[c]ccc(F)c2)cc1. The molecule has 2 aromatic carbocycles. The molecule has 1 radical (unpaired) electrons. The molecule has 2 rings (SSSR count). The van der Waals surface area contributed by atoms with Crippen LogP contribution in [-0.2, 0) is 12.8 Å². The maximum atomic E-state index is 12.9. The summed E-state index contributed by atoms with van der Waals surface area (Å²) < 4.78 is 25.5. The quantitative estimate of drug-likeness (QED) is 0.737. The van der Waals surface area contributed by atoms with Crippen molar-refractivity contribution in [3.05, 3.63) is 71.3 Å². The lowest BCUT2D eigenvalue weighted by atomic mass is 10.0. The van der Waals surface area contributed by atoms with E-state index in [2.05, 4.69) is 6.07 Å². The Morgan fingerprint density at radius 2 is 1.62 bits per heavy atom. The Bertz CT molecular complexity index is 460. The Labute approximate surface area is 93.5 Å². The van der Waals surface area contributed by atoms with E-state index in [-0.39, 0.29) is 11.6 Å². The van der Waals surface area contributed by atoms with Crippen LogP contribution in [0.25, 0.3) is 0 Å². The van der Waals surface area contributed by atoms with Crippen molar-refractivity contribution >= 4 is 0 Å². The van der Waals surface area contributed by atoms with Gasteiger partial charge in [0.05, 0.1) is 0 Å². The molecule has 0 aliphatic rings. The molecule has 0 heterocycles. The van der Waals surface area contributed by atoms with Crippen LogP contribution in [0.3, 0.4) is 0 Å². The van der Waals surface area contributed by atoms with Crippen molar-refractivity contribution < 1.29 is 8.78 Å². The molecule has 0 N–H and O–H groups in total. The van der Waals surface area contributed by atoms with Crippen LogP contribution >= 0.6 is 0 Å². The molecule has 2 aromatic rings. The molecule has 2 heteroatoms. The molecule has 0 atom stereocenters. The van der Waals surface area contributed by atoms with E-state index < -0.39 is 0 Å². The highest BCUT2D eigenvalue weighted by Crippen LogP contribution is 2.09. The van der Waals surface area contributed by atoms with Gasteiger partial charge in [-0.15, -0.1) is 0 Å². The van der Waals surface area contributed by atoms with Crippen molar-refractivity contribution in [3.63, 3.8) is 0 Å². The van der Waals surface area contributed by atoms with Gasteiger partial charge in [-0.2, -0.15) is 0 Å². The van der Waals surface area contributed by atoms with Gasteiger partial charge in [0.15, 0.2) is 0 Å². The Balaban J connectivity index is 1.99. The molecular weight excluding hydrogens is 206 g/mol. The second-order valence-corrected chi connectivity index (χ2v) is 3.66. The summed E-state index contributed by atoms with van der Waals surface area (Å²) in [5.41, 5.74) is 1.88. The number of aryl methyl sites for hydroxylation is 2. The van der Waals surface area contributed by atoms with E-state index in [1.165, 1.54) is 24.3 Å². The minimum absolute atomic E-state index is 0.235. The van der Waals surface area contributed by atoms with Crippen LogP contribution in [0.15, 0.2) is 42.5 Å². The fraction of sp³-hybridized carbons (Fsp3) is 0.143. The first-order chi connectivity index (χ1) is 7.74. The first-order valence-corrected chi connectivity index (χ1v) is 5.14. The second-order valence-electron chi connectivity index (χ2n) is 3.66. The first kappa shape index (κ1) is 10.8. The Kier molecular flexibility index (Phi) is 3.30. The fourth-order valence-corrected chi connectivity index (χ4v) is 1.56. The normalized spacial score (nSPS) is 10.4. The van der Waals surface area contributed by atoms with Crippen LogP contribution in [0.4, 0.5) is 8.78 Å². The van der Waals surface area contributed by atoms with Crippen LogP contribution in [0.5, 0.6) is 0 Å². The van der Waals surface area contributed by atoms with Gasteiger partial charge >= 0.3 is 0 Å². The summed E-state index contributed by atoms with van der Waals surface area (Å²) in [4.78, 5) is 0. The van der Waals surface area contributed by atoms with Crippen LogP contribution in [0.1, 0.15) is 11.1 Å². The lowest BCUT2D eigenvalue weighted by Crippen LogP contribution is -1.92. The predicted octanol–water partition coefficient (Wildman–Crippen LogP) is 3.55. The van der Waals surface area contributed by atoms with Crippen LogP contribution in [0.2, 0.25) is 0 Å². The van der Waals surface area contributed by atoms with E-state index in [4.69, 9.17) is 0 Å². The van der Waals surface area contributed by atoms with Crippen molar-refractivity contribution in [2.45, 2.75) is 12.8 Å². The van der Waals surface area contributed by atoms with E-state index in [9.17, 15) is 8.78 Å². The maximum absolute atomic E-state index is 12.9. The van der Waals surface area contributed by atoms with Gasteiger partial charge < -0.3 is 0 Å². The molecule has 0 bridgehead atoms. The van der Waals surface area contributed by atoms with E-state index in [1.807, 2.05) is 0 Å².